The van der Waals surface area contributed by atoms with Crippen LogP contribution in [-0.2, 0) is 14.6 Å². The molecule has 0 fully saturated rings. The van der Waals surface area contributed by atoms with Gasteiger partial charge in [0.15, 0.2) is 15.0 Å². The van der Waals surface area contributed by atoms with Crippen molar-refractivity contribution < 1.29 is 22.3 Å². The molecular formula is C21H25ClFN3O4S2. The highest BCUT2D eigenvalue weighted by Crippen LogP contribution is 2.34. The second kappa shape index (κ2) is 11.0. The number of hydrogen-bond acceptors (Lipinski definition) is 7. The summed E-state index contributed by atoms with van der Waals surface area (Å²) in [5.41, 5.74) is 0.633. The van der Waals surface area contributed by atoms with Crippen molar-refractivity contribution in [2.75, 3.05) is 44.4 Å². The smallest absolute Gasteiger partial charge is 0.244 e. The molecule has 7 nitrogen and oxygen atoms in total. The Labute approximate surface area is 197 Å². The van der Waals surface area contributed by atoms with Gasteiger partial charge in [0.05, 0.1) is 16.2 Å². The first kappa shape index (κ1) is 26.0. The van der Waals surface area contributed by atoms with E-state index >= 15 is 0 Å². The van der Waals surface area contributed by atoms with Crippen molar-refractivity contribution in [3.05, 3.63) is 48.3 Å². The molecule has 0 saturated heterocycles. The number of aromatic nitrogens is 1. The van der Waals surface area contributed by atoms with E-state index in [4.69, 9.17) is 4.74 Å². The first-order valence-electron chi connectivity index (χ1n) is 9.67. The molecule has 3 aromatic rings. The lowest BCUT2D eigenvalue weighted by molar-refractivity contribution is -0.116. The van der Waals surface area contributed by atoms with Crippen LogP contribution in [-0.4, -0.2) is 63.8 Å². The second-order valence-corrected chi connectivity index (χ2v) is 10.1. The van der Waals surface area contributed by atoms with Crippen molar-refractivity contribution in [1.29, 1.82) is 0 Å². The summed E-state index contributed by atoms with van der Waals surface area (Å²) in [5.74, 6) is -1.26. The van der Waals surface area contributed by atoms with Crippen molar-refractivity contribution in [3.63, 3.8) is 0 Å². The quantitative estimate of drug-likeness (QED) is 0.417. The van der Waals surface area contributed by atoms with Crippen molar-refractivity contribution in [2.24, 2.45) is 0 Å². The molecule has 0 aliphatic rings. The fourth-order valence-electron chi connectivity index (χ4n) is 2.89. The molecule has 174 valence electrons. The zero-order valence-electron chi connectivity index (χ0n) is 17.9. The van der Waals surface area contributed by atoms with Crippen LogP contribution >= 0.6 is 23.7 Å². The lowest BCUT2D eigenvalue weighted by Crippen LogP contribution is -2.40. The third-order valence-corrected chi connectivity index (χ3v) is 7.12. The van der Waals surface area contributed by atoms with Crippen LogP contribution < -0.4 is 9.64 Å². The number of likely N-dealkylation sites (N-methyl/N-ethyl adjacent to an activating group) is 1. The van der Waals surface area contributed by atoms with E-state index in [0.29, 0.717) is 29.5 Å². The minimum absolute atomic E-state index is 0. The number of halogens is 2. The molecule has 0 bridgehead atoms. The molecular weight excluding hydrogens is 477 g/mol. The summed E-state index contributed by atoms with van der Waals surface area (Å²) in [5, 5.41) is 0.406. The number of rotatable bonds is 9. The number of thiazole rings is 1. The van der Waals surface area contributed by atoms with Gasteiger partial charge >= 0.3 is 0 Å². The Hall–Kier alpha value is -2.27. The van der Waals surface area contributed by atoms with Crippen LogP contribution in [0.2, 0.25) is 0 Å². The number of benzene rings is 2. The Balaban J connectivity index is 0.00000363. The molecule has 3 rings (SSSR count). The van der Waals surface area contributed by atoms with Crippen LogP contribution in [0.1, 0.15) is 6.92 Å². The monoisotopic (exact) mass is 501 g/mol. The highest BCUT2D eigenvalue weighted by Gasteiger charge is 2.27. The van der Waals surface area contributed by atoms with Gasteiger partial charge in [-0.3, -0.25) is 9.69 Å². The van der Waals surface area contributed by atoms with E-state index in [1.807, 2.05) is 38.1 Å². The topological polar surface area (TPSA) is 79.8 Å². The molecule has 0 atom stereocenters. The fraction of sp³-hybridized carbons (Fsp3) is 0.333. The predicted octanol–water partition coefficient (Wildman–Crippen LogP) is 3.62. The molecule has 0 N–H and O–H groups in total. The first-order chi connectivity index (χ1) is 14.7. The maximum absolute atomic E-state index is 13.2. The molecule has 0 unspecified atom stereocenters. The molecule has 0 spiro atoms. The Bertz CT molecular complexity index is 1170. The van der Waals surface area contributed by atoms with E-state index in [9.17, 15) is 17.6 Å². The third-order valence-electron chi connectivity index (χ3n) is 4.46. The van der Waals surface area contributed by atoms with Crippen LogP contribution in [0, 0.1) is 5.82 Å². The van der Waals surface area contributed by atoms with Crippen molar-refractivity contribution in [3.8, 4) is 5.75 Å². The van der Waals surface area contributed by atoms with Gasteiger partial charge in [-0.25, -0.2) is 17.8 Å². The van der Waals surface area contributed by atoms with Gasteiger partial charge in [0.25, 0.3) is 0 Å². The lowest BCUT2D eigenvalue weighted by Gasteiger charge is -2.22. The summed E-state index contributed by atoms with van der Waals surface area (Å²) in [7, 11) is -0.205. The molecule has 0 saturated carbocycles. The number of ether oxygens (including phenoxy) is 1. The molecule has 0 aliphatic carbocycles. The van der Waals surface area contributed by atoms with Crippen LogP contribution in [0.25, 0.3) is 10.2 Å². The van der Waals surface area contributed by atoms with Gasteiger partial charge in [-0.2, -0.15) is 0 Å². The molecule has 1 aromatic heterocycles. The predicted molar refractivity (Wildman–Crippen MR) is 127 cm³/mol. The van der Waals surface area contributed by atoms with Crippen molar-refractivity contribution >= 4 is 54.8 Å². The average molecular weight is 502 g/mol. The highest BCUT2D eigenvalue weighted by atomic mass is 35.5. The van der Waals surface area contributed by atoms with Gasteiger partial charge in [-0.05, 0) is 57.4 Å². The Kier molecular flexibility index (Phi) is 8.97. The molecule has 1 heterocycles. The van der Waals surface area contributed by atoms with Gasteiger partial charge in [0, 0.05) is 13.1 Å². The van der Waals surface area contributed by atoms with E-state index in [2.05, 4.69) is 4.98 Å². The number of fused-ring (bicyclic) bond motifs is 1. The summed E-state index contributed by atoms with van der Waals surface area (Å²) in [6, 6.07) is 9.97. The van der Waals surface area contributed by atoms with Crippen molar-refractivity contribution in [2.45, 2.75) is 11.8 Å². The van der Waals surface area contributed by atoms with Gasteiger partial charge in [0.2, 0.25) is 5.91 Å². The Morgan fingerprint density at radius 3 is 2.44 bits per heavy atom. The summed E-state index contributed by atoms with van der Waals surface area (Å²) >= 11 is 1.30. The zero-order valence-corrected chi connectivity index (χ0v) is 20.4. The van der Waals surface area contributed by atoms with E-state index in [-0.39, 0.29) is 23.8 Å². The lowest BCUT2D eigenvalue weighted by atomic mass is 10.3. The maximum Gasteiger partial charge on any atom is 0.244 e. The minimum atomic E-state index is -3.93. The van der Waals surface area contributed by atoms with Crippen molar-refractivity contribution in [1.82, 2.24) is 9.88 Å². The fourth-order valence-corrected chi connectivity index (χ4v) is 5.12. The molecule has 0 radical (unpaired) electrons. The second-order valence-electron chi connectivity index (χ2n) is 7.09. The molecule has 2 aromatic carbocycles. The SMILES string of the molecule is CCOc1cccc2sc(N(CCN(C)C)C(=O)CS(=O)(=O)c3ccc(F)cc3)nc12.Cl. The van der Waals surface area contributed by atoms with Gasteiger partial charge in [-0.1, -0.05) is 17.4 Å². The van der Waals surface area contributed by atoms with E-state index < -0.39 is 27.3 Å². The summed E-state index contributed by atoms with van der Waals surface area (Å²) in [6.45, 7) is 3.15. The summed E-state index contributed by atoms with van der Waals surface area (Å²) in [6.07, 6.45) is 0. The normalized spacial score (nSPS) is 11.4. The summed E-state index contributed by atoms with van der Waals surface area (Å²) in [4.78, 5) is 20.9. The van der Waals surface area contributed by atoms with Crippen LogP contribution in [0.3, 0.4) is 0 Å². The maximum atomic E-state index is 13.2. The number of amides is 1. The van der Waals surface area contributed by atoms with E-state index in [0.717, 1.165) is 29.0 Å². The molecule has 1 amide bonds. The van der Waals surface area contributed by atoms with Crippen LogP contribution in [0.4, 0.5) is 9.52 Å². The third kappa shape index (κ3) is 6.16. The van der Waals surface area contributed by atoms with E-state index in [1.165, 1.54) is 16.2 Å². The Morgan fingerprint density at radius 1 is 1.12 bits per heavy atom. The number of hydrogen-bond donors (Lipinski definition) is 0. The molecule has 11 heteroatoms. The number of anilines is 1. The van der Waals surface area contributed by atoms with Crippen LogP contribution in [0.15, 0.2) is 47.4 Å². The summed E-state index contributed by atoms with van der Waals surface area (Å²) < 4.78 is 45.1. The number of carbonyl (C=O) groups excluding carboxylic acids is 1. The highest BCUT2D eigenvalue weighted by molar-refractivity contribution is 7.92. The number of para-hydroxylation sites is 1. The van der Waals surface area contributed by atoms with Gasteiger partial charge < -0.3 is 9.64 Å². The van der Waals surface area contributed by atoms with E-state index in [1.54, 1.807) is 6.07 Å². The Morgan fingerprint density at radius 2 is 1.81 bits per heavy atom. The minimum Gasteiger partial charge on any atom is -0.492 e. The largest absolute Gasteiger partial charge is 0.492 e. The molecule has 32 heavy (non-hydrogen) atoms. The standard InChI is InChI=1S/C21H24FN3O4S2.ClH/c1-4-29-17-6-5-7-18-20(17)23-21(30-18)25(13-12-24(2)3)19(26)14-31(27,28)16-10-8-15(22)9-11-16;/h5-11H,4,12-14H2,1-3H3;1H. The number of carbonyl (C=O) groups is 1. The number of sulfone groups is 1. The average Bonchev–Trinajstić information content (AvgIpc) is 3.13. The van der Waals surface area contributed by atoms with Gasteiger partial charge in [-0.15, -0.1) is 12.4 Å². The van der Waals surface area contributed by atoms with Crippen LogP contribution in [0.5, 0.6) is 5.75 Å². The molecule has 0 aliphatic heterocycles. The number of nitrogens with zero attached hydrogens (tertiary/aromatic N) is 3. The first-order valence-corrected chi connectivity index (χ1v) is 12.1. The van der Waals surface area contributed by atoms with Gasteiger partial charge in [0.1, 0.15) is 22.8 Å². The zero-order chi connectivity index (χ0) is 22.6.